The van der Waals surface area contributed by atoms with E-state index >= 15 is 0 Å². The molecule has 1 nitrogen and oxygen atoms in total. The van der Waals surface area contributed by atoms with Crippen LogP contribution in [0.3, 0.4) is 0 Å². The van der Waals surface area contributed by atoms with Gasteiger partial charge in [0.25, 0.3) is 0 Å². The van der Waals surface area contributed by atoms with Crippen molar-refractivity contribution in [3.05, 3.63) is 6.92 Å². The van der Waals surface area contributed by atoms with Gasteiger partial charge in [-0.15, -0.1) is 6.42 Å². The predicted octanol–water partition coefficient (Wildman–Crippen LogP) is 0.822. The van der Waals surface area contributed by atoms with E-state index in [1.807, 2.05) is 6.92 Å². The largest absolute Gasteiger partial charge is 0.304 e. The molecule has 45 valence electrons. The molecule has 0 aliphatic rings. The van der Waals surface area contributed by atoms with Crippen LogP contribution in [0.2, 0.25) is 0 Å². The van der Waals surface area contributed by atoms with Gasteiger partial charge in [-0.1, -0.05) is 12.8 Å². The van der Waals surface area contributed by atoms with Crippen LogP contribution in [0, 0.1) is 19.3 Å². The maximum atomic E-state index is 5.08. The van der Waals surface area contributed by atoms with Crippen LogP contribution >= 0.6 is 0 Å². The van der Waals surface area contributed by atoms with Gasteiger partial charge in [0.15, 0.2) is 0 Å². The monoisotopic (exact) mass is 110 g/mol. The molecule has 1 unspecified atom stereocenters. The average Bonchev–Trinajstić information content (AvgIpc) is 1.83. The smallest absolute Gasteiger partial charge is 0.0658 e. The molecule has 0 aliphatic heterocycles. The predicted molar refractivity (Wildman–Crippen MR) is 36.3 cm³/mol. The molecule has 1 atom stereocenters. The number of nitrogens with one attached hydrogen (secondary N) is 1. The van der Waals surface area contributed by atoms with Crippen LogP contribution in [-0.2, 0) is 0 Å². The third-order valence-electron chi connectivity index (χ3n) is 0.877. The molecular weight excluding hydrogens is 98.1 g/mol. The first-order valence-corrected chi connectivity index (χ1v) is 2.80. The minimum atomic E-state index is 0.191. The molecule has 0 saturated heterocycles. The minimum Gasteiger partial charge on any atom is -0.304 e. The first kappa shape index (κ1) is 7.52. The van der Waals surface area contributed by atoms with Crippen LogP contribution in [0.1, 0.15) is 13.3 Å². The lowest BCUT2D eigenvalue weighted by molar-refractivity contribution is 0.651. The van der Waals surface area contributed by atoms with Crippen LogP contribution in [0.15, 0.2) is 0 Å². The van der Waals surface area contributed by atoms with E-state index in [1.54, 1.807) is 0 Å². The Balaban J connectivity index is 3.02. The molecule has 1 N–H and O–H groups in total. The second kappa shape index (κ2) is 4.67. The molecule has 0 rings (SSSR count). The summed E-state index contributed by atoms with van der Waals surface area (Å²) in [5, 5.41) is 3.08. The van der Waals surface area contributed by atoms with Crippen molar-refractivity contribution >= 4 is 0 Å². The average molecular weight is 110 g/mol. The van der Waals surface area contributed by atoms with E-state index in [0.717, 1.165) is 13.0 Å². The summed E-state index contributed by atoms with van der Waals surface area (Å²) in [5.74, 6) is 2.56. The topological polar surface area (TPSA) is 12.0 Å². The van der Waals surface area contributed by atoms with Gasteiger partial charge in [0.05, 0.1) is 6.04 Å². The van der Waals surface area contributed by atoms with Crippen molar-refractivity contribution < 1.29 is 0 Å². The fourth-order valence-corrected chi connectivity index (χ4v) is 0.377. The molecule has 1 heteroatoms. The number of terminal acetylenes is 1. The van der Waals surface area contributed by atoms with Gasteiger partial charge in [-0.05, 0) is 19.9 Å². The third-order valence-corrected chi connectivity index (χ3v) is 0.877. The summed E-state index contributed by atoms with van der Waals surface area (Å²) in [5.41, 5.74) is 0. The van der Waals surface area contributed by atoms with E-state index in [0.29, 0.717) is 0 Å². The maximum absolute atomic E-state index is 5.08. The third kappa shape index (κ3) is 3.70. The summed E-state index contributed by atoms with van der Waals surface area (Å²) in [4.78, 5) is 0. The van der Waals surface area contributed by atoms with Crippen LogP contribution in [-0.4, -0.2) is 12.6 Å². The summed E-state index contributed by atoms with van der Waals surface area (Å²) < 4.78 is 0. The molecule has 0 aromatic rings. The highest BCUT2D eigenvalue weighted by Gasteiger charge is 1.89. The molecular formula is C7H12N. The fourth-order valence-electron chi connectivity index (χ4n) is 0.377. The first-order valence-electron chi connectivity index (χ1n) is 2.80. The van der Waals surface area contributed by atoms with Crippen molar-refractivity contribution in [2.24, 2.45) is 0 Å². The van der Waals surface area contributed by atoms with Crippen LogP contribution in [0.4, 0.5) is 0 Å². The zero-order valence-corrected chi connectivity index (χ0v) is 5.28. The Morgan fingerprint density at radius 3 is 2.88 bits per heavy atom. The summed E-state index contributed by atoms with van der Waals surface area (Å²) in [6, 6.07) is 0.191. The fraction of sp³-hybridized carbons (Fsp3) is 0.571. The van der Waals surface area contributed by atoms with E-state index in [-0.39, 0.29) is 6.04 Å². The summed E-state index contributed by atoms with van der Waals surface area (Å²) in [7, 11) is 0. The zero-order chi connectivity index (χ0) is 6.41. The Bertz CT molecular complexity index is 80.9. The lowest BCUT2D eigenvalue weighted by Crippen LogP contribution is -2.24. The summed E-state index contributed by atoms with van der Waals surface area (Å²) in [6.07, 6.45) is 5.97. The minimum absolute atomic E-state index is 0.191. The van der Waals surface area contributed by atoms with Gasteiger partial charge in [-0.2, -0.15) is 0 Å². The van der Waals surface area contributed by atoms with Gasteiger partial charge in [-0.3, -0.25) is 0 Å². The van der Waals surface area contributed by atoms with Crippen molar-refractivity contribution in [3.63, 3.8) is 0 Å². The van der Waals surface area contributed by atoms with Crippen molar-refractivity contribution in [2.75, 3.05) is 6.54 Å². The summed E-state index contributed by atoms with van der Waals surface area (Å²) in [6.45, 7) is 6.52. The Morgan fingerprint density at radius 2 is 2.50 bits per heavy atom. The van der Waals surface area contributed by atoms with Crippen LogP contribution < -0.4 is 5.32 Å². The second-order valence-electron chi connectivity index (χ2n) is 1.70. The molecule has 0 aromatic carbocycles. The van der Waals surface area contributed by atoms with E-state index in [4.69, 9.17) is 6.42 Å². The lowest BCUT2D eigenvalue weighted by Gasteiger charge is -2.02. The molecule has 0 heterocycles. The van der Waals surface area contributed by atoms with E-state index in [2.05, 4.69) is 18.2 Å². The van der Waals surface area contributed by atoms with Gasteiger partial charge < -0.3 is 5.32 Å². The standard InChI is InChI=1S/C7H12N/c1-4-6-8-7(3)5-2/h2,7-8H,1,4,6H2,3H3. The van der Waals surface area contributed by atoms with Crippen LogP contribution in [0.5, 0.6) is 0 Å². The number of hydrogen-bond acceptors (Lipinski definition) is 1. The van der Waals surface area contributed by atoms with Crippen molar-refractivity contribution in [1.29, 1.82) is 0 Å². The molecule has 0 bridgehead atoms. The van der Waals surface area contributed by atoms with Gasteiger partial charge >= 0.3 is 0 Å². The Labute approximate surface area is 51.5 Å². The molecule has 0 spiro atoms. The van der Waals surface area contributed by atoms with Gasteiger partial charge in [0.1, 0.15) is 0 Å². The lowest BCUT2D eigenvalue weighted by atomic mass is 10.3. The highest BCUT2D eigenvalue weighted by atomic mass is 14.9. The molecule has 0 aliphatic carbocycles. The normalized spacial score (nSPS) is 12.6. The molecule has 0 amide bonds. The number of rotatable bonds is 3. The van der Waals surface area contributed by atoms with Crippen molar-refractivity contribution in [1.82, 2.24) is 5.32 Å². The van der Waals surface area contributed by atoms with Gasteiger partial charge in [0, 0.05) is 0 Å². The second-order valence-corrected chi connectivity index (χ2v) is 1.70. The number of hydrogen-bond donors (Lipinski definition) is 1. The molecule has 0 fully saturated rings. The van der Waals surface area contributed by atoms with E-state index in [1.165, 1.54) is 0 Å². The van der Waals surface area contributed by atoms with Crippen molar-refractivity contribution in [3.8, 4) is 12.3 Å². The zero-order valence-electron chi connectivity index (χ0n) is 5.28. The highest BCUT2D eigenvalue weighted by molar-refractivity contribution is 4.95. The Hall–Kier alpha value is -0.480. The van der Waals surface area contributed by atoms with E-state index < -0.39 is 0 Å². The SMILES string of the molecule is C#CC(C)NCC[CH2]. The summed E-state index contributed by atoms with van der Waals surface area (Å²) >= 11 is 0. The van der Waals surface area contributed by atoms with E-state index in [9.17, 15) is 0 Å². The Kier molecular flexibility index (Phi) is 4.39. The molecule has 0 aromatic heterocycles. The van der Waals surface area contributed by atoms with Gasteiger partial charge in [-0.25, -0.2) is 0 Å². The van der Waals surface area contributed by atoms with Crippen molar-refractivity contribution in [2.45, 2.75) is 19.4 Å². The Morgan fingerprint density at radius 1 is 1.88 bits per heavy atom. The molecule has 8 heavy (non-hydrogen) atoms. The maximum Gasteiger partial charge on any atom is 0.0658 e. The first-order chi connectivity index (χ1) is 3.81. The molecule has 1 radical (unpaired) electrons. The van der Waals surface area contributed by atoms with Crippen LogP contribution in [0.25, 0.3) is 0 Å². The quantitative estimate of drug-likeness (QED) is 0.530. The molecule has 0 saturated carbocycles. The highest BCUT2D eigenvalue weighted by Crippen LogP contribution is 1.76. The van der Waals surface area contributed by atoms with Gasteiger partial charge in [0.2, 0.25) is 0 Å².